The standard InChI is InChI=1S/C9H10IN5S/c1-14(2)6-13-8-7-3-4-15(16-10)9(7)12-5-11-8/h3-6H,1-2H3/b13-6+. The summed E-state index contributed by atoms with van der Waals surface area (Å²) in [5.41, 5.74) is 0.889. The zero-order valence-electron chi connectivity index (χ0n) is 8.83. The minimum absolute atomic E-state index is 0.697. The van der Waals surface area contributed by atoms with Gasteiger partial charge in [-0.2, -0.15) is 0 Å². The van der Waals surface area contributed by atoms with Crippen molar-refractivity contribution >= 4 is 53.5 Å². The summed E-state index contributed by atoms with van der Waals surface area (Å²) in [7, 11) is 5.42. The number of nitrogens with zero attached hydrogens (tertiary/aromatic N) is 5. The summed E-state index contributed by atoms with van der Waals surface area (Å²) in [6.45, 7) is 0. The first-order valence-electron chi connectivity index (χ1n) is 4.54. The van der Waals surface area contributed by atoms with E-state index in [2.05, 4.69) is 36.2 Å². The van der Waals surface area contributed by atoms with Gasteiger partial charge < -0.3 is 4.90 Å². The van der Waals surface area contributed by atoms with E-state index in [1.165, 1.54) is 6.33 Å². The van der Waals surface area contributed by atoms with Crippen LogP contribution in [0.2, 0.25) is 0 Å². The van der Waals surface area contributed by atoms with Crippen molar-refractivity contribution in [3.63, 3.8) is 0 Å². The van der Waals surface area contributed by atoms with Crippen molar-refractivity contribution in [2.75, 3.05) is 14.1 Å². The highest BCUT2D eigenvalue weighted by Gasteiger charge is 2.06. The largest absolute Gasteiger partial charge is 0.369 e. The maximum atomic E-state index is 4.31. The van der Waals surface area contributed by atoms with Gasteiger partial charge in [-0.3, -0.25) is 3.97 Å². The normalized spacial score (nSPS) is 11.4. The van der Waals surface area contributed by atoms with Crippen LogP contribution in [0, 0.1) is 0 Å². The van der Waals surface area contributed by atoms with E-state index in [1.807, 2.05) is 35.2 Å². The fourth-order valence-electron chi connectivity index (χ4n) is 1.24. The first kappa shape index (κ1) is 11.6. The number of aliphatic imine (C=N–C) groups is 1. The number of hydrogen-bond acceptors (Lipinski definition) is 4. The predicted octanol–water partition coefficient (Wildman–Crippen LogP) is 2.50. The number of fused-ring (bicyclic) bond motifs is 1. The second-order valence-corrected chi connectivity index (χ2v) is 5.07. The molecule has 0 amide bonds. The van der Waals surface area contributed by atoms with Crippen molar-refractivity contribution in [2.45, 2.75) is 0 Å². The Hall–Kier alpha value is -0.830. The summed E-state index contributed by atoms with van der Waals surface area (Å²) < 4.78 is 1.98. The Morgan fingerprint density at radius 1 is 1.50 bits per heavy atom. The van der Waals surface area contributed by atoms with Crippen molar-refractivity contribution in [3.8, 4) is 0 Å². The van der Waals surface area contributed by atoms with Crippen LogP contribution in [0.15, 0.2) is 23.6 Å². The summed E-state index contributed by atoms with van der Waals surface area (Å²) in [4.78, 5) is 14.6. The molecule has 0 N–H and O–H groups in total. The smallest absolute Gasteiger partial charge is 0.166 e. The molecule has 2 aromatic heterocycles. The molecule has 2 heterocycles. The molecule has 0 fully saturated rings. The lowest BCUT2D eigenvalue weighted by Gasteiger charge is -2.02. The quantitative estimate of drug-likeness (QED) is 0.486. The van der Waals surface area contributed by atoms with Gasteiger partial charge in [0.1, 0.15) is 6.33 Å². The number of hydrogen-bond donors (Lipinski definition) is 0. The van der Waals surface area contributed by atoms with Gasteiger partial charge in [0, 0.05) is 50.6 Å². The van der Waals surface area contributed by atoms with Crippen LogP contribution in [0.5, 0.6) is 0 Å². The van der Waals surface area contributed by atoms with Crippen LogP contribution in [0.1, 0.15) is 0 Å². The first-order valence-corrected chi connectivity index (χ1v) is 7.85. The lowest BCUT2D eigenvalue weighted by molar-refractivity contribution is 0.643. The molecular formula is C9H10IN5S. The SMILES string of the molecule is CN(C)/C=N/c1ncnc2c1ccn2SI. The van der Waals surface area contributed by atoms with Crippen molar-refractivity contribution in [3.05, 3.63) is 18.6 Å². The minimum atomic E-state index is 0.697. The summed E-state index contributed by atoms with van der Waals surface area (Å²) >= 11 is 2.21. The Bertz CT molecular complexity index is 522. The van der Waals surface area contributed by atoms with Gasteiger partial charge in [0.2, 0.25) is 0 Å². The molecule has 0 spiro atoms. The first-order chi connectivity index (χ1) is 7.72. The van der Waals surface area contributed by atoms with Gasteiger partial charge in [0.05, 0.1) is 11.7 Å². The van der Waals surface area contributed by atoms with Crippen LogP contribution in [0.3, 0.4) is 0 Å². The van der Waals surface area contributed by atoms with Crippen molar-refractivity contribution in [1.29, 1.82) is 0 Å². The van der Waals surface area contributed by atoms with Gasteiger partial charge >= 0.3 is 0 Å². The molecule has 2 aromatic rings. The highest BCUT2D eigenvalue weighted by molar-refractivity contribution is 14.2. The average molecular weight is 347 g/mol. The number of rotatable bonds is 3. The number of halogens is 1. The molecule has 0 unspecified atom stereocenters. The molecule has 2 rings (SSSR count). The van der Waals surface area contributed by atoms with Crippen LogP contribution < -0.4 is 0 Å². The molecule has 0 atom stereocenters. The van der Waals surface area contributed by atoms with E-state index in [0.29, 0.717) is 5.82 Å². The minimum Gasteiger partial charge on any atom is -0.369 e. The zero-order valence-corrected chi connectivity index (χ0v) is 11.8. The molecule has 0 aliphatic heterocycles. The summed E-state index contributed by atoms with van der Waals surface area (Å²) in [6.07, 6.45) is 5.23. The lowest BCUT2D eigenvalue weighted by Crippen LogP contribution is -2.07. The fourth-order valence-corrected chi connectivity index (χ4v) is 2.51. The van der Waals surface area contributed by atoms with Crippen LogP contribution in [-0.4, -0.2) is 39.3 Å². The molecule has 0 aliphatic rings. The van der Waals surface area contributed by atoms with E-state index in [-0.39, 0.29) is 0 Å². The average Bonchev–Trinajstić information content (AvgIpc) is 2.69. The van der Waals surface area contributed by atoms with Crippen molar-refractivity contribution < 1.29 is 0 Å². The highest BCUT2D eigenvalue weighted by Crippen LogP contribution is 2.27. The van der Waals surface area contributed by atoms with E-state index in [1.54, 1.807) is 15.5 Å². The molecule has 84 valence electrons. The third kappa shape index (κ3) is 2.29. The summed E-state index contributed by atoms with van der Waals surface area (Å²) in [6, 6.07) is 1.98. The molecule has 0 saturated heterocycles. The van der Waals surface area contributed by atoms with Crippen LogP contribution in [0.4, 0.5) is 5.82 Å². The monoisotopic (exact) mass is 347 g/mol. The van der Waals surface area contributed by atoms with E-state index < -0.39 is 0 Å². The van der Waals surface area contributed by atoms with Crippen molar-refractivity contribution in [2.24, 2.45) is 4.99 Å². The third-order valence-corrected chi connectivity index (χ3v) is 3.63. The highest BCUT2D eigenvalue weighted by atomic mass is 127. The Balaban J connectivity index is 2.50. The molecule has 16 heavy (non-hydrogen) atoms. The van der Waals surface area contributed by atoms with Gasteiger partial charge in [0.25, 0.3) is 0 Å². The maximum absolute atomic E-state index is 4.31. The van der Waals surface area contributed by atoms with E-state index in [4.69, 9.17) is 0 Å². The fraction of sp³-hybridized carbons (Fsp3) is 0.222. The topological polar surface area (TPSA) is 46.3 Å². The predicted molar refractivity (Wildman–Crippen MR) is 76.4 cm³/mol. The molecule has 0 bridgehead atoms. The Labute approximate surface area is 110 Å². The van der Waals surface area contributed by atoms with Gasteiger partial charge in [0.15, 0.2) is 11.5 Å². The molecule has 0 radical (unpaired) electrons. The van der Waals surface area contributed by atoms with Crippen LogP contribution >= 0.6 is 30.3 Å². The molecule has 7 heteroatoms. The molecule has 0 aliphatic carbocycles. The maximum Gasteiger partial charge on any atom is 0.166 e. The lowest BCUT2D eigenvalue weighted by atomic mass is 10.4. The van der Waals surface area contributed by atoms with Gasteiger partial charge in [-0.05, 0) is 6.07 Å². The van der Waals surface area contributed by atoms with Gasteiger partial charge in [-0.15, -0.1) is 0 Å². The van der Waals surface area contributed by atoms with E-state index >= 15 is 0 Å². The second kappa shape index (κ2) is 5.00. The van der Waals surface area contributed by atoms with Crippen LogP contribution in [-0.2, 0) is 0 Å². The van der Waals surface area contributed by atoms with E-state index in [9.17, 15) is 0 Å². The number of aromatic nitrogens is 3. The summed E-state index contributed by atoms with van der Waals surface area (Å²) in [5, 5.41) is 0.963. The molecule has 0 saturated carbocycles. The third-order valence-electron chi connectivity index (χ3n) is 1.91. The molecule has 5 nitrogen and oxygen atoms in total. The Morgan fingerprint density at radius 3 is 3.00 bits per heavy atom. The summed E-state index contributed by atoms with van der Waals surface area (Å²) in [5.74, 6) is 0.697. The van der Waals surface area contributed by atoms with Crippen LogP contribution in [0.25, 0.3) is 11.0 Å². The zero-order chi connectivity index (χ0) is 11.5. The van der Waals surface area contributed by atoms with Gasteiger partial charge in [-0.25, -0.2) is 15.0 Å². The Kier molecular flexibility index (Phi) is 3.64. The second-order valence-electron chi connectivity index (χ2n) is 3.35. The van der Waals surface area contributed by atoms with E-state index in [0.717, 1.165) is 11.0 Å². The Morgan fingerprint density at radius 2 is 2.31 bits per heavy atom. The molecular weight excluding hydrogens is 337 g/mol. The van der Waals surface area contributed by atoms with Gasteiger partial charge in [-0.1, -0.05) is 0 Å². The van der Waals surface area contributed by atoms with Crippen molar-refractivity contribution in [1.82, 2.24) is 18.8 Å². The molecule has 0 aromatic carbocycles.